The van der Waals surface area contributed by atoms with E-state index >= 15 is 0 Å². The van der Waals surface area contributed by atoms with Crippen LogP contribution in [0.2, 0.25) is 0 Å². The topological polar surface area (TPSA) is 87.2 Å². The van der Waals surface area contributed by atoms with Crippen molar-refractivity contribution >= 4 is 22.4 Å². The fourth-order valence-corrected chi connectivity index (χ4v) is 4.26. The molecule has 1 aromatic rings. The third-order valence-electron chi connectivity index (χ3n) is 4.04. The normalized spacial score (nSPS) is 18.2. The van der Waals surface area contributed by atoms with E-state index in [1.807, 2.05) is 13.0 Å². The Kier molecular flexibility index (Phi) is 6.82. The summed E-state index contributed by atoms with van der Waals surface area (Å²) in [6.07, 6.45) is 1.63. The first-order valence-electron chi connectivity index (χ1n) is 7.15. The number of rotatable bonds is 4. The highest BCUT2D eigenvalue weighted by Gasteiger charge is 2.29. The Hall–Kier alpha value is -1.13. The van der Waals surface area contributed by atoms with Crippen molar-refractivity contribution in [3.63, 3.8) is 0 Å². The maximum atomic E-state index is 12.4. The van der Waals surface area contributed by atoms with Crippen molar-refractivity contribution in [1.29, 1.82) is 5.26 Å². The predicted octanol–water partition coefficient (Wildman–Crippen LogP) is 1.87. The van der Waals surface area contributed by atoms with E-state index < -0.39 is 10.0 Å². The molecule has 0 aliphatic carbocycles. The first-order valence-corrected chi connectivity index (χ1v) is 8.76. The molecule has 2 N–H and O–H groups in total. The van der Waals surface area contributed by atoms with Crippen LogP contribution in [0.3, 0.4) is 0 Å². The lowest BCUT2D eigenvalue weighted by atomic mass is 9.92. The van der Waals surface area contributed by atoms with Gasteiger partial charge in [-0.15, -0.1) is 12.4 Å². The summed E-state index contributed by atoms with van der Waals surface area (Å²) in [5, 5.41) is 8.87. The lowest BCUT2D eigenvalue weighted by Gasteiger charge is -2.33. The van der Waals surface area contributed by atoms with Gasteiger partial charge in [0.25, 0.3) is 0 Å². The van der Waals surface area contributed by atoms with Crippen molar-refractivity contribution in [2.45, 2.75) is 31.6 Å². The molecule has 1 heterocycles. The molecule has 0 bridgehead atoms. The number of benzene rings is 1. The number of sulfonamides is 1. The van der Waals surface area contributed by atoms with Crippen molar-refractivity contribution in [3.8, 4) is 6.07 Å². The summed E-state index contributed by atoms with van der Waals surface area (Å²) in [5.41, 5.74) is 7.02. The van der Waals surface area contributed by atoms with Gasteiger partial charge >= 0.3 is 0 Å². The molecule has 5 nitrogen and oxygen atoms in total. The second-order valence-corrected chi connectivity index (χ2v) is 7.63. The molecule has 0 amide bonds. The van der Waals surface area contributed by atoms with E-state index in [1.165, 1.54) is 0 Å². The lowest BCUT2D eigenvalue weighted by molar-refractivity contribution is 0.250. The smallest absolute Gasteiger partial charge is 0.218 e. The first-order chi connectivity index (χ1) is 9.92. The van der Waals surface area contributed by atoms with E-state index in [9.17, 15) is 8.42 Å². The van der Waals surface area contributed by atoms with Crippen LogP contribution in [-0.4, -0.2) is 31.9 Å². The van der Waals surface area contributed by atoms with E-state index in [4.69, 9.17) is 11.0 Å². The van der Waals surface area contributed by atoms with Crippen molar-refractivity contribution in [2.24, 2.45) is 11.7 Å². The highest BCUT2D eigenvalue weighted by Crippen LogP contribution is 2.23. The van der Waals surface area contributed by atoms with Crippen LogP contribution in [0.1, 0.15) is 30.9 Å². The zero-order valence-electron chi connectivity index (χ0n) is 12.6. The maximum Gasteiger partial charge on any atom is 0.218 e. The molecule has 1 aromatic carbocycles. The van der Waals surface area contributed by atoms with Crippen LogP contribution in [0.4, 0.5) is 0 Å². The second-order valence-electron chi connectivity index (χ2n) is 5.66. The largest absolute Gasteiger partial charge is 0.328 e. The van der Waals surface area contributed by atoms with Crippen molar-refractivity contribution in [3.05, 3.63) is 35.4 Å². The van der Waals surface area contributed by atoms with Crippen LogP contribution < -0.4 is 5.73 Å². The van der Waals surface area contributed by atoms with E-state index in [2.05, 4.69) is 0 Å². The van der Waals surface area contributed by atoms with Gasteiger partial charge in [-0.3, -0.25) is 0 Å². The SMILES string of the molecule is CC(N)C1CCN(S(=O)(=O)Cc2cccc(C#N)c2)CC1.Cl. The van der Waals surface area contributed by atoms with Crippen molar-refractivity contribution < 1.29 is 8.42 Å². The molecule has 0 spiro atoms. The molecular weight excluding hydrogens is 322 g/mol. The van der Waals surface area contributed by atoms with Gasteiger partial charge in [0.1, 0.15) is 0 Å². The number of nitriles is 1. The fourth-order valence-electron chi connectivity index (χ4n) is 2.71. The van der Waals surface area contributed by atoms with Gasteiger partial charge in [0, 0.05) is 19.1 Å². The third-order valence-corrected chi connectivity index (χ3v) is 5.89. The Bertz CT molecular complexity index is 632. The summed E-state index contributed by atoms with van der Waals surface area (Å²) in [7, 11) is -3.33. The Balaban J connectivity index is 0.00000242. The summed E-state index contributed by atoms with van der Waals surface area (Å²) < 4.78 is 26.4. The van der Waals surface area contributed by atoms with Gasteiger partial charge < -0.3 is 5.73 Å². The van der Waals surface area contributed by atoms with Crippen LogP contribution in [0.5, 0.6) is 0 Å². The molecule has 0 aromatic heterocycles. The van der Waals surface area contributed by atoms with Gasteiger partial charge in [0.2, 0.25) is 10.0 Å². The number of nitrogens with zero attached hydrogens (tertiary/aromatic N) is 2. The molecule has 1 atom stereocenters. The molecule has 1 unspecified atom stereocenters. The minimum Gasteiger partial charge on any atom is -0.328 e. The molecule has 2 rings (SSSR count). The average molecular weight is 344 g/mol. The van der Waals surface area contributed by atoms with Crippen LogP contribution in [0.25, 0.3) is 0 Å². The summed E-state index contributed by atoms with van der Waals surface area (Å²) >= 11 is 0. The molecule has 122 valence electrons. The fraction of sp³-hybridized carbons (Fsp3) is 0.533. The zero-order valence-corrected chi connectivity index (χ0v) is 14.2. The molecule has 1 fully saturated rings. The highest BCUT2D eigenvalue weighted by atomic mass is 35.5. The number of hydrogen-bond donors (Lipinski definition) is 1. The second kappa shape index (κ2) is 7.93. The van der Waals surface area contributed by atoms with Crippen LogP contribution in [-0.2, 0) is 15.8 Å². The first kappa shape index (κ1) is 18.9. The summed E-state index contributed by atoms with van der Waals surface area (Å²) in [5.74, 6) is 0.351. The van der Waals surface area contributed by atoms with E-state index in [0.717, 1.165) is 12.8 Å². The highest BCUT2D eigenvalue weighted by molar-refractivity contribution is 7.88. The maximum absolute atomic E-state index is 12.4. The van der Waals surface area contributed by atoms with Gasteiger partial charge in [-0.25, -0.2) is 12.7 Å². The van der Waals surface area contributed by atoms with Crippen molar-refractivity contribution in [1.82, 2.24) is 4.31 Å². The molecule has 7 heteroatoms. The Morgan fingerprint density at radius 2 is 2.05 bits per heavy atom. The molecule has 1 aliphatic heterocycles. The van der Waals surface area contributed by atoms with E-state index in [0.29, 0.717) is 30.1 Å². The van der Waals surface area contributed by atoms with Crippen molar-refractivity contribution in [2.75, 3.05) is 13.1 Å². The van der Waals surface area contributed by atoms with Gasteiger partial charge in [-0.2, -0.15) is 5.26 Å². The molecule has 22 heavy (non-hydrogen) atoms. The van der Waals surface area contributed by atoms with Crippen LogP contribution in [0.15, 0.2) is 24.3 Å². The lowest BCUT2D eigenvalue weighted by Crippen LogP contribution is -2.42. The molecule has 1 saturated heterocycles. The van der Waals surface area contributed by atoms with Crippen LogP contribution >= 0.6 is 12.4 Å². The number of halogens is 1. The Morgan fingerprint density at radius 1 is 1.41 bits per heavy atom. The summed E-state index contributed by atoms with van der Waals surface area (Å²) in [4.78, 5) is 0. The van der Waals surface area contributed by atoms with Gasteiger partial charge in [0.05, 0.1) is 17.4 Å². The Morgan fingerprint density at radius 3 is 2.59 bits per heavy atom. The van der Waals surface area contributed by atoms with Gasteiger partial charge in [0.15, 0.2) is 0 Å². The van der Waals surface area contributed by atoms with Gasteiger partial charge in [-0.05, 0) is 43.4 Å². The number of nitrogens with two attached hydrogens (primary N) is 1. The monoisotopic (exact) mass is 343 g/mol. The Labute approximate surface area is 138 Å². The van der Waals surface area contributed by atoms with E-state index in [1.54, 1.807) is 28.6 Å². The quantitative estimate of drug-likeness (QED) is 0.904. The number of piperidine rings is 1. The predicted molar refractivity (Wildman–Crippen MR) is 89.0 cm³/mol. The van der Waals surface area contributed by atoms with E-state index in [-0.39, 0.29) is 24.2 Å². The van der Waals surface area contributed by atoms with Crippen LogP contribution in [0, 0.1) is 17.2 Å². The zero-order chi connectivity index (χ0) is 15.5. The molecule has 0 radical (unpaired) electrons. The average Bonchev–Trinajstić information content (AvgIpc) is 2.47. The minimum absolute atomic E-state index is 0. The number of hydrogen-bond acceptors (Lipinski definition) is 4. The third kappa shape index (κ3) is 4.68. The molecule has 1 aliphatic rings. The minimum atomic E-state index is -3.33. The summed E-state index contributed by atoms with van der Waals surface area (Å²) in [6, 6.07) is 8.90. The molecular formula is C15H22ClN3O2S. The van der Waals surface area contributed by atoms with Gasteiger partial charge in [-0.1, -0.05) is 12.1 Å². The standard InChI is InChI=1S/C15H21N3O2S.ClH/c1-12(17)15-5-7-18(8-6-15)21(19,20)11-14-4-2-3-13(9-14)10-16;/h2-4,9,12,15H,5-8,11,17H2,1H3;1H. The molecule has 0 saturated carbocycles. The summed E-state index contributed by atoms with van der Waals surface area (Å²) in [6.45, 7) is 3.04.